The van der Waals surface area contributed by atoms with Gasteiger partial charge in [-0.3, -0.25) is 9.97 Å². The van der Waals surface area contributed by atoms with Crippen molar-refractivity contribution in [3.63, 3.8) is 0 Å². The van der Waals surface area contributed by atoms with Crippen LogP contribution < -0.4 is 5.73 Å². The number of halogens is 1. The molecule has 0 aliphatic rings. The summed E-state index contributed by atoms with van der Waals surface area (Å²) in [6.07, 6.45) is 3.35. The summed E-state index contributed by atoms with van der Waals surface area (Å²) in [5.74, 6) is 0. The van der Waals surface area contributed by atoms with E-state index in [1.807, 2.05) is 42.5 Å². The lowest BCUT2D eigenvalue weighted by Crippen LogP contribution is -2.12. The van der Waals surface area contributed by atoms with Gasteiger partial charge < -0.3 is 5.73 Å². The van der Waals surface area contributed by atoms with Gasteiger partial charge in [0, 0.05) is 17.4 Å². The second-order valence-corrected chi connectivity index (χ2v) is 4.71. The quantitative estimate of drug-likeness (QED) is 0.776. The van der Waals surface area contributed by atoms with E-state index in [-0.39, 0.29) is 6.04 Å². The fourth-order valence-electron chi connectivity index (χ4n) is 2.08. The summed E-state index contributed by atoms with van der Waals surface area (Å²) in [5.41, 5.74) is 9.85. The minimum atomic E-state index is -0.264. The van der Waals surface area contributed by atoms with Crippen molar-refractivity contribution in [3.8, 4) is 0 Å². The first kappa shape index (κ1) is 12.1. The lowest BCUT2D eigenvalue weighted by molar-refractivity contribution is 0.873. The van der Waals surface area contributed by atoms with Crippen LogP contribution >= 0.6 is 11.6 Å². The lowest BCUT2D eigenvalue weighted by Gasteiger charge is -2.14. The minimum absolute atomic E-state index is 0.264. The molecule has 19 heavy (non-hydrogen) atoms. The Morgan fingerprint density at radius 3 is 2.47 bits per heavy atom. The summed E-state index contributed by atoms with van der Waals surface area (Å²) in [4.78, 5) is 8.53. The van der Waals surface area contributed by atoms with Crippen LogP contribution in [0.4, 0.5) is 0 Å². The van der Waals surface area contributed by atoms with E-state index in [4.69, 9.17) is 17.3 Å². The molecule has 1 unspecified atom stereocenters. The van der Waals surface area contributed by atoms with Crippen LogP contribution in [-0.2, 0) is 0 Å². The third kappa shape index (κ3) is 2.30. The van der Waals surface area contributed by atoms with Gasteiger partial charge in [0.15, 0.2) is 0 Å². The van der Waals surface area contributed by atoms with Gasteiger partial charge in [0.1, 0.15) is 0 Å². The smallest absolute Gasteiger partial charge is 0.0890 e. The Labute approximate surface area is 116 Å². The molecule has 1 heterocycles. The molecular weight excluding hydrogens is 258 g/mol. The Morgan fingerprint density at radius 1 is 0.947 bits per heavy atom. The van der Waals surface area contributed by atoms with Gasteiger partial charge in [0.25, 0.3) is 0 Å². The molecule has 0 radical (unpaired) electrons. The van der Waals surface area contributed by atoms with E-state index in [0.29, 0.717) is 5.02 Å². The van der Waals surface area contributed by atoms with Crippen molar-refractivity contribution >= 4 is 22.6 Å². The topological polar surface area (TPSA) is 51.8 Å². The van der Waals surface area contributed by atoms with E-state index < -0.39 is 0 Å². The average molecular weight is 270 g/mol. The van der Waals surface area contributed by atoms with Gasteiger partial charge in [0.2, 0.25) is 0 Å². The maximum Gasteiger partial charge on any atom is 0.0890 e. The number of aromatic nitrogens is 2. The number of hydrogen-bond donors (Lipinski definition) is 1. The van der Waals surface area contributed by atoms with Crippen molar-refractivity contribution in [3.05, 3.63) is 71.0 Å². The van der Waals surface area contributed by atoms with Crippen LogP contribution in [-0.4, -0.2) is 9.97 Å². The van der Waals surface area contributed by atoms with Crippen molar-refractivity contribution in [2.24, 2.45) is 5.73 Å². The SMILES string of the molecule is NC(c1ccc2nccnc2c1)c1ccccc1Cl. The third-order valence-electron chi connectivity index (χ3n) is 3.09. The average Bonchev–Trinajstić information content (AvgIpc) is 2.46. The van der Waals surface area contributed by atoms with Crippen LogP contribution in [0.25, 0.3) is 11.0 Å². The van der Waals surface area contributed by atoms with Gasteiger partial charge in [-0.1, -0.05) is 35.9 Å². The van der Waals surface area contributed by atoms with Gasteiger partial charge in [0.05, 0.1) is 17.1 Å². The zero-order valence-corrected chi connectivity index (χ0v) is 10.9. The van der Waals surface area contributed by atoms with Gasteiger partial charge in [-0.05, 0) is 29.3 Å². The van der Waals surface area contributed by atoms with E-state index in [1.165, 1.54) is 0 Å². The predicted molar refractivity (Wildman–Crippen MR) is 77.0 cm³/mol. The fourth-order valence-corrected chi connectivity index (χ4v) is 2.33. The van der Waals surface area contributed by atoms with Crippen molar-refractivity contribution in [1.82, 2.24) is 9.97 Å². The highest BCUT2D eigenvalue weighted by Gasteiger charge is 2.12. The molecule has 3 rings (SSSR count). The molecule has 3 nitrogen and oxygen atoms in total. The summed E-state index contributed by atoms with van der Waals surface area (Å²) in [5, 5.41) is 0.675. The molecule has 94 valence electrons. The molecule has 0 aliphatic heterocycles. The van der Waals surface area contributed by atoms with Crippen LogP contribution in [0.3, 0.4) is 0 Å². The Morgan fingerprint density at radius 2 is 1.68 bits per heavy atom. The van der Waals surface area contributed by atoms with Gasteiger partial charge in [-0.15, -0.1) is 0 Å². The maximum absolute atomic E-state index is 6.28. The number of benzene rings is 2. The molecule has 0 aliphatic carbocycles. The molecule has 0 saturated heterocycles. The van der Waals surface area contributed by atoms with Crippen LogP contribution in [0, 0.1) is 0 Å². The molecule has 2 aromatic carbocycles. The largest absolute Gasteiger partial charge is 0.320 e. The minimum Gasteiger partial charge on any atom is -0.320 e. The number of rotatable bonds is 2. The zero-order valence-electron chi connectivity index (χ0n) is 10.1. The Balaban J connectivity index is 2.07. The second kappa shape index (κ2) is 4.96. The first-order chi connectivity index (χ1) is 9.25. The van der Waals surface area contributed by atoms with E-state index in [9.17, 15) is 0 Å². The van der Waals surface area contributed by atoms with Crippen molar-refractivity contribution in [2.45, 2.75) is 6.04 Å². The highest BCUT2D eigenvalue weighted by Crippen LogP contribution is 2.27. The number of nitrogens with two attached hydrogens (primary N) is 1. The molecule has 4 heteroatoms. The Bertz CT molecular complexity index is 727. The van der Waals surface area contributed by atoms with Crippen molar-refractivity contribution in [1.29, 1.82) is 0 Å². The number of hydrogen-bond acceptors (Lipinski definition) is 3. The highest BCUT2D eigenvalue weighted by molar-refractivity contribution is 6.31. The second-order valence-electron chi connectivity index (χ2n) is 4.30. The van der Waals surface area contributed by atoms with E-state index in [0.717, 1.165) is 22.2 Å². The molecule has 1 atom stereocenters. The summed E-state index contributed by atoms with van der Waals surface area (Å²) in [6, 6.07) is 13.2. The molecular formula is C15H12ClN3. The maximum atomic E-state index is 6.28. The summed E-state index contributed by atoms with van der Waals surface area (Å²) >= 11 is 6.18. The first-order valence-corrected chi connectivity index (χ1v) is 6.34. The molecule has 1 aromatic heterocycles. The van der Waals surface area contributed by atoms with Crippen LogP contribution in [0.1, 0.15) is 17.2 Å². The van der Waals surface area contributed by atoms with E-state index >= 15 is 0 Å². The lowest BCUT2D eigenvalue weighted by atomic mass is 9.99. The summed E-state index contributed by atoms with van der Waals surface area (Å²) in [7, 11) is 0. The van der Waals surface area contributed by atoms with Crippen molar-refractivity contribution in [2.75, 3.05) is 0 Å². The molecule has 0 amide bonds. The monoisotopic (exact) mass is 269 g/mol. The summed E-state index contributed by atoms with van der Waals surface area (Å²) < 4.78 is 0. The van der Waals surface area contributed by atoms with Crippen LogP contribution in [0.5, 0.6) is 0 Å². The predicted octanol–water partition coefficient (Wildman–Crippen LogP) is 3.33. The van der Waals surface area contributed by atoms with Gasteiger partial charge >= 0.3 is 0 Å². The van der Waals surface area contributed by atoms with E-state index in [1.54, 1.807) is 12.4 Å². The Hall–Kier alpha value is -1.97. The Kier molecular flexibility index (Phi) is 3.15. The number of nitrogens with zero attached hydrogens (tertiary/aromatic N) is 2. The normalized spacial score (nSPS) is 12.5. The molecule has 0 bridgehead atoms. The molecule has 3 aromatic rings. The summed E-state index contributed by atoms with van der Waals surface area (Å²) in [6.45, 7) is 0. The zero-order chi connectivity index (χ0) is 13.2. The molecule has 2 N–H and O–H groups in total. The third-order valence-corrected chi connectivity index (χ3v) is 3.44. The molecule has 0 saturated carbocycles. The van der Waals surface area contributed by atoms with Crippen LogP contribution in [0.2, 0.25) is 5.02 Å². The number of fused-ring (bicyclic) bond motifs is 1. The molecule has 0 fully saturated rings. The van der Waals surface area contributed by atoms with Crippen LogP contribution in [0.15, 0.2) is 54.9 Å². The van der Waals surface area contributed by atoms with Crippen molar-refractivity contribution < 1.29 is 0 Å². The molecule has 0 spiro atoms. The highest BCUT2D eigenvalue weighted by atomic mass is 35.5. The van der Waals surface area contributed by atoms with Gasteiger partial charge in [-0.25, -0.2) is 0 Å². The first-order valence-electron chi connectivity index (χ1n) is 5.96. The fraction of sp³-hybridized carbons (Fsp3) is 0.0667. The standard InChI is InChI=1S/C15H12ClN3/c16-12-4-2-1-3-11(12)15(17)10-5-6-13-14(9-10)19-8-7-18-13/h1-9,15H,17H2. The van der Waals surface area contributed by atoms with E-state index in [2.05, 4.69) is 9.97 Å². The van der Waals surface area contributed by atoms with Gasteiger partial charge in [-0.2, -0.15) is 0 Å².